The Hall–Kier alpha value is -3.27. The van der Waals surface area contributed by atoms with E-state index < -0.39 is 24.2 Å². The van der Waals surface area contributed by atoms with Crippen LogP contribution >= 0.6 is 11.8 Å². The molecule has 1 heterocycles. The van der Waals surface area contributed by atoms with Crippen molar-refractivity contribution in [2.75, 3.05) is 11.9 Å². The van der Waals surface area contributed by atoms with Crippen molar-refractivity contribution in [1.82, 2.24) is 9.78 Å². The third-order valence-electron chi connectivity index (χ3n) is 4.73. The molecule has 1 aromatic heterocycles. The van der Waals surface area contributed by atoms with E-state index in [0.29, 0.717) is 39.7 Å². The van der Waals surface area contributed by atoms with Gasteiger partial charge in [0.15, 0.2) is 12.3 Å². The maximum Gasteiger partial charge on any atom is 0.359 e. The molecule has 33 heavy (non-hydrogen) atoms. The molecule has 0 atom stereocenters. The van der Waals surface area contributed by atoms with Crippen LogP contribution in [-0.2, 0) is 16.1 Å². The number of alkyl halides is 2. The number of ether oxygens (including phenoxy) is 1. The molecule has 2 aromatic carbocycles. The Kier molecular flexibility index (Phi) is 8.53. The highest BCUT2D eigenvalue weighted by Gasteiger charge is 2.19. The summed E-state index contributed by atoms with van der Waals surface area (Å²) in [5.41, 5.74) is 0.0510. The van der Waals surface area contributed by atoms with Gasteiger partial charge in [-0.1, -0.05) is 49.7 Å². The number of carbonyl (C=O) groups excluding carboxylic acids is 2. The Morgan fingerprint density at radius 3 is 2.45 bits per heavy atom. The number of hydrogen-bond donors (Lipinski definition) is 1. The summed E-state index contributed by atoms with van der Waals surface area (Å²) in [5.74, 6) is -3.96. The molecule has 3 aromatic rings. The van der Waals surface area contributed by atoms with Gasteiger partial charge in [-0.05, 0) is 36.8 Å². The number of carbonyl (C=O) groups is 2. The van der Waals surface area contributed by atoms with E-state index in [1.54, 1.807) is 24.3 Å². The average molecular weight is 476 g/mol. The van der Waals surface area contributed by atoms with Gasteiger partial charge in [0.2, 0.25) is 0 Å². The van der Waals surface area contributed by atoms with Crippen molar-refractivity contribution in [3.63, 3.8) is 0 Å². The molecule has 7 nitrogen and oxygen atoms in total. The molecule has 0 unspecified atom stereocenters. The number of rotatable bonds is 10. The van der Waals surface area contributed by atoms with E-state index in [1.807, 2.05) is 6.92 Å². The zero-order chi connectivity index (χ0) is 23.8. The second-order valence-electron chi connectivity index (χ2n) is 7.16. The number of fused-ring (bicyclic) bond motifs is 1. The fraction of sp³-hybridized carbons (Fsp3) is 0.304. The lowest BCUT2D eigenvalue weighted by Crippen LogP contribution is -2.28. The topological polar surface area (TPSA) is 90.3 Å². The number of thioether (sulfide) groups is 1. The molecule has 0 fully saturated rings. The van der Waals surface area contributed by atoms with Gasteiger partial charge in [0.25, 0.3) is 17.2 Å². The number of nitrogens with one attached hydrogen (secondary N) is 1. The summed E-state index contributed by atoms with van der Waals surface area (Å²) in [6.45, 7) is 1.84. The van der Waals surface area contributed by atoms with Crippen molar-refractivity contribution < 1.29 is 23.1 Å². The van der Waals surface area contributed by atoms with E-state index in [2.05, 4.69) is 10.4 Å². The normalized spacial score (nSPS) is 11.0. The Labute approximate surface area is 193 Å². The van der Waals surface area contributed by atoms with Crippen LogP contribution in [0.1, 0.15) is 36.7 Å². The van der Waals surface area contributed by atoms with Crippen molar-refractivity contribution in [1.29, 1.82) is 0 Å². The van der Waals surface area contributed by atoms with Gasteiger partial charge in [0.1, 0.15) is 0 Å². The summed E-state index contributed by atoms with van der Waals surface area (Å²) in [6.07, 6.45) is 2.63. The smallest absolute Gasteiger partial charge is 0.359 e. The maximum absolute atomic E-state index is 12.7. The standard InChI is InChI=1S/C23H23F2N3O4S/c1-2-3-6-13-28-21(30)18-8-5-4-7-17(18)20(27-28)22(31)32-14-19(29)26-15-9-11-16(12-10-15)33-23(24)25/h4-5,7-12,23H,2-3,6,13-14H2,1H3,(H,26,29). The van der Waals surface area contributed by atoms with Gasteiger partial charge in [-0.25, -0.2) is 9.48 Å². The number of hydrogen-bond acceptors (Lipinski definition) is 6. The van der Waals surface area contributed by atoms with E-state index in [9.17, 15) is 23.2 Å². The number of amides is 1. The molecule has 10 heteroatoms. The highest BCUT2D eigenvalue weighted by atomic mass is 32.2. The lowest BCUT2D eigenvalue weighted by atomic mass is 10.1. The van der Waals surface area contributed by atoms with Gasteiger partial charge >= 0.3 is 5.97 Å². The van der Waals surface area contributed by atoms with Gasteiger partial charge in [-0.2, -0.15) is 13.9 Å². The predicted octanol–water partition coefficient (Wildman–Crippen LogP) is 4.70. The molecular formula is C23H23F2N3O4S. The largest absolute Gasteiger partial charge is 0.451 e. The maximum atomic E-state index is 12.7. The quantitative estimate of drug-likeness (QED) is 0.260. The summed E-state index contributed by atoms with van der Waals surface area (Å²) in [4.78, 5) is 37.9. The Bertz CT molecular complexity index is 1180. The molecule has 0 aliphatic rings. The van der Waals surface area contributed by atoms with Crippen LogP contribution in [0.5, 0.6) is 0 Å². The van der Waals surface area contributed by atoms with Gasteiger partial charge in [0, 0.05) is 22.5 Å². The van der Waals surface area contributed by atoms with E-state index in [0.717, 1.165) is 19.3 Å². The minimum absolute atomic E-state index is 0.0390. The molecule has 0 saturated carbocycles. The highest BCUT2D eigenvalue weighted by molar-refractivity contribution is 7.99. The number of unbranched alkanes of at least 4 members (excludes halogenated alkanes) is 2. The van der Waals surface area contributed by atoms with Crippen LogP contribution in [-0.4, -0.2) is 34.0 Å². The van der Waals surface area contributed by atoms with E-state index in [-0.39, 0.29) is 11.3 Å². The summed E-state index contributed by atoms with van der Waals surface area (Å²) in [6, 6.07) is 12.5. The number of halogens is 2. The molecule has 0 spiro atoms. The zero-order valence-corrected chi connectivity index (χ0v) is 18.7. The predicted molar refractivity (Wildman–Crippen MR) is 123 cm³/mol. The third kappa shape index (κ3) is 6.61. The fourth-order valence-corrected chi connectivity index (χ4v) is 3.66. The van der Waals surface area contributed by atoms with Crippen molar-refractivity contribution in [3.8, 4) is 0 Å². The first kappa shape index (κ1) is 24.4. The number of esters is 1. The molecule has 1 amide bonds. The zero-order valence-electron chi connectivity index (χ0n) is 17.9. The van der Waals surface area contributed by atoms with Gasteiger partial charge in [-0.15, -0.1) is 0 Å². The summed E-state index contributed by atoms with van der Waals surface area (Å²) in [7, 11) is 0. The summed E-state index contributed by atoms with van der Waals surface area (Å²) in [5, 5.41) is 7.44. The number of aromatic nitrogens is 2. The van der Waals surface area contributed by atoms with E-state index in [1.165, 1.54) is 28.9 Å². The first-order valence-electron chi connectivity index (χ1n) is 10.4. The van der Waals surface area contributed by atoms with Crippen molar-refractivity contribution in [2.24, 2.45) is 0 Å². The van der Waals surface area contributed by atoms with Crippen molar-refractivity contribution in [2.45, 2.75) is 43.4 Å². The Balaban J connectivity index is 1.69. The minimum atomic E-state index is -2.53. The molecule has 0 radical (unpaired) electrons. The van der Waals surface area contributed by atoms with Gasteiger partial charge in [-0.3, -0.25) is 9.59 Å². The average Bonchev–Trinajstić information content (AvgIpc) is 2.80. The van der Waals surface area contributed by atoms with E-state index in [4.69, 9.17) is 4.74 Å². The summed E-state index contributed by atoms with van der Waals surface area (Å²) < 4.78 is 31.2. The lowest BCUT2D eigenvalue weighted by Gasteiger charge is -2.11. The third-order valence-corrected chi connectivity index (χ3v) is 5.45. The van der Waals surface area contributed by atoms with Crippen LogP contribution < -0.4 is 10.9 Å². The lowest BCUT2D eigenvalue weighted by molar-refractivity contribution is -0.119. The SMILES string of the molecule is CCCCCn1nc(C(=O)OCC(=O)Nc2ccc(SC(F)F)cc2)c2ccccc2c1=O. The molecule has 1 N–H and O–H groups in total. The van der Waals surface area contributed by atoms with Crippen LogP contribution in [0.4, 0.5) is 14.5 Å². The second kappa shape index (κ2) is 11.6. The van der Waals surface area contributed by atoms with Gasteiger partial charge in [0.05, 0.1) is 5.39 Å². The van der Waals surface area contributed by atoms with E-state index >= 15 is 0 Å². The molecule has 3 rings (SSSR count). The Morgan fingerprint density at radius 1 is 1.09 bits per heavy atom. The molecule has 0 aliphatic carbocycles. The highest BCUT2D eigenvalue weighted by Crippen LogP contribution is 2.26. The van der Waals surface area contributed by atoms with Crippen LogP contribution in [0.25, 0.3) is 10.8 Å². The Morgan fingerprint density at radius 2 is 1.79 bits per heavy atom. The van der Waals surface area contributed by atoms with Crippen molar-refractivity contribution in [3.05, 3.63) is 64.6 Å². The second-order valence-corrected chi connectivity index (χ2v) is 8.22. The molecule has 174 valence electrons. The molecular weight excluding hydrogens is 452 g/mol. The number of anilines is 1. The van der Waals surface area contributed by atoms with Crippen LogP contribution in [0, 0.1) is 0 Å². The minimum Gasteiger partial charge on any atom is -0.451 e. The van der Waals surface area contributed by atoms with Crippen LogP contribution in [0.3, 0.4) is 0 Å². The molecule has 0 aliphatic heterocycles. The van der Waals surface area contributed by atoms with Crippen molar-refractivity contribution >= 4 is 40.1 Å². The van der Waals surface area contributed by atoms with Crippen LogP contribution in [0.2, 0.25) is 0 Å². The van der Waals surface area contributed by atoms with Gasteiger partial charge < -0.3 is 10.1 Å². The number of benzene rings is 2. The number of nitrogens with zero attached hydrogens (tertiary/aromatic N) is 2. The number of aryl methyl sites for hydroxylation is 1. The van der Waals surface area contributed by atoms with Crippen LogP contribution in [0.15, 0.2) is 58.2 Å². The monoisotopic (exact) mass is 475 g/mol. The first-order valence-corrected chi connectivity index (χ1v) is 11.3. The molecule has 0 bridgehead atoms. The molecule has 0 saturated heterocycles. The summed E-state index contributed by atoms with van der Waals surface area (Å²) >= 11 is 0.400. The first-order chi connectivity index (χ1) is 15.9. The fourth-order valence-electron chi connectivity index (χ4n) is 3.17.